The lowest BCUT2D eigenvalue weighted by Crippen LogP contribution is -2.51. The standard InChI is InChI=1S/C14H23NO3/c1-13(2)8-10(13)12(18)15-14(9-11(16)17)6-4-3-5-7-14/h10H,3-9H2,1-2H3,(H,15,18)(H,16,17). The normalized spacial score (nSPS) is 28.4. The fourth-order valence-electron chi connectivity index (χ4n) is 3.13. The van der Waals surface area contributed by atoms with Gasteiger partial charge in [-0.15, -0.1) is 0 Å². The van der Waals surface area contributed by atoms with Crippen LogP contribution >= 0.6 is 0 Å². The zero-order chi connectivity index (χ0) is 13.4. The molecule has 0 bridgehead atoms. The third-order valence-electron chi connectivity index (χ3n) is 4.52. The Morgan fingerprint density at radius 2 is 1.78 bits per heavy atom. The van der Waals surface area contributed by atoms with Crippen LogP contribution in [0.25, 0.3) is 0 Å². The molecule has 4 heteroatoms. The fourth-order valence-corrected chi connectivity index (χ4v) is 3.13. The zero-order valence-corrected chi connectivity index (χ0v) is 11.3. The second-order valence-electron chi connectivity index (χ2n) is 6.65. The number of hydrogen-bond donors (Lipinski definition) is 2. The number of carboxylic acid groups (broad SMARTS) is 1. The molecule has 102 valence electrons. The smallest absolute Gasteiger partial charge is 0.305 e. The van der Waals surface area contributed by atoms with Crippen LogP contribution in [0.15, 0.2) is 0 Å². The van der Waals surface area contributed by atoms with Gasteiger partial charge in [0.2, 0.25) is 5.91 Å². The Kier molecular flexibility index (Phi) is 3.39. The van der Waals surface area contributed by atoms with Crippen molar-refractivity contribution in [2.75, 3.05) is 0 Å². The predicted octanol–water partition coefficient (Wildman–Crippen LogP) is 2.33. The Labute approximate surface area is 108 Å². The van der Waals surface area contributed by atoms with Crippen molar-refractivity contribution in [3.8, 4) is 0 Å². The monoisotopic (exact) mass is 253 g/mol. The Morgan fingerprint density at radius 3 is 2.22 bits per heavy atom. The van der Waals surface area contributed by atoms with Gasteiger partial charge in [0.15, 0.2) is 0 Å². The molecule has 0 spiro atoms. The summed E-state index contributed by atoms with van der Waals surface area (Å²) in [5, 5.41) is 12.1. The van der Waals surface area contributed by atoms with Gasteiger partial charge in [-0.1, -0.05) is 33.1 Å². The summed E-state index contributed by atoms with van der Waals surface area (Å²) in [6, 6.07) is 0. The van der Waals surface area contributed by atoms with Crippen LogP contribution in [-0.2, 0) is 9.59 Å². The molecule has 0 saturated heterocycles. The van der Waals surface area contributed by atoms with Crippen LogP contribution in [-0.4, -0.2) is 22.5 Å². The van der Waals surface area contributed by atoms with Crippen molar-refractivity contribution in [3.63, 3.8) is 0 Å². The van der Waals surface area contributed by atoms with E-state index in [-0.39, 0.29) is 23.7 Å². The summed E-state index contributed by atoms with van der Waals surface area (Å²) in [5.41, 5.74) is -0.386. The molecule has 0 radical (unpaired) electrons. The van der Waals surface area contributed by atoms with Crippen molar-refractivity contribution in [3.05, 3.63) is 0 Å². The molecule has 0 aromatic rings. The number of carboxylic acids is 1. The highest BCUT2D eigenvalue weighted by Gasteiger charge is 2.52. The van der Waals surface area contributed by atoms with Gasteiger partial charge in [-0.3, -0.25) is 9.59 Å². The first kappa shape index (κ1) is 13.4. The summed E-state index contributed by atoms with van der Waals surface area (Å²) in [4.78, 5) is 23.2. The molecule has 0 aromatic carbocycles. The molecule has 2 aliphatic rings. The highest BCUT2D eigenvalue weighted by atomic mass is 16.4. The first-order valence-electron chi connectivity index (χ1n) is 6.89. The van der Waals surface area contributed by atoms with Gasteiger partial charge in [0, 0.05) is 5.92 Å². The number of carbonyl (C=O) groups excluding carboxylic acids is 1. The zero-order valence-electron chi connectivity index (χ0n) is 11.3. The third kappa shape index (κ3) is 2.85. The molecule has 4 nitrogen and oxygen atoms in total. The van der Waals surface area contributed by atoms with Crippen LogP contribution in [0, 0.1) is 11.3 Å². The second kappa shape index (κ2) is 4.56. The Morgan fingerprint density at radius 1 is 1.22 bits per heavy atom. The predicted molar refractivity (Wildman–Crippen MR) is 68.1 cm³/mol. The van der Waals surface area contributed by atoms with Crippen molar-refractivity contribution >= 4 is 11.9 Å². The molecule has 1 atom stereocenters. The average Bonchev–Trinajstić information content (AvgIpc) is 2.88. The quantitative estimate of drug-likeness (QED) is 0.808. The molecule has 1 unspecified atom stereocenters. The molecular weight excluding hydrogens is 230 g/mol. The van der Waals surface area contributed by atoms with Gasteiger partial charge in [-0.05, 0) is 24.7 Å². The number of hydrogen-bond acceptors (Lipinski definition) is 2. The van der Waals surface area contributed by atoms with Gasteiger partial charge >= 0.3 is 5.97 Å². The van der Waals surface area contributed by atoms with Crippen LogP contribution in [0.3, 0.4) is 0 Å². The van der Waals surface area contributed by atoms with E-state index in [1.165, 1.54) is 0 Å². The molecule has 0 heterocycles. The lowest BCUT2D eigenvalue weighted by Gasteiger charge is -2.37. The van der Waals surface area contributed by atoms with E-state index < -0.39 is 11.5 Å². The number of nitrogens with one attached hydrogen (secondary N) is 1. The van der Waals surface area contributed by atoms with Crippen molar-refractivity contribution < 1.29 is 14.7 Å². The minimum atomic E-state index is -0.813. The molecule has 2 fully saturated rings. The molecule has 2 aliphatic carbocycles. The van der Waals surface area contributed by atoms with E-state index in [0.717, 1.165) is 38.5 Å². The van der Waals surface area contributed by atoms with Crippen molar-refractivity contribution in [1.82, 2.24) is 5.32 Å². The number of aliphatic carboxylic acids is 1. The lowest BCUT2D eigenvalue weighted by molar-refractivity contribution is -0.139. The maximum atomic E-state index is 12.2. The van der Waals surface area contributed by atoms with Crippen LogP contribution in [0.4, 0.5) is 0 Å². The van der Waals surface area contributed by atoms with E-state index >= 15 is 0 Å². The highest BCUT2D eigenvalue weighted by Crippen LogP contribution is 2.52. The van der Waals surface area contributed by atoms with Crippen molar-refractivity contribution in [2.24, 2.45) is 11.3 Å². The summed E-state index contributed by atoms with van der Waals surface area (Å²) in [6.45, 7) is 4.17. The van der Waals surface area contributed by atoms with Crippen LogP contribution in [0.1, 0.15) is 58.8 Å². The summed E-state index contributed by atoms with van der Waals surface area (Å²) in [6.07, 6.45) is 5.76. The number of amides is 1. The van der Waals surface area contributed by atoms with Gasteiger partial charge in [-0.25, -0.2) is 0 Å². The number of carbonyl (C=O) groups is 2. The Bertz CT molecular complexity index is 356. The molecule has 2 rings (SSSR count). The van der Waals surface area contributed by atoms with Crippen LogP contribution < -0.4 is 5.32 Å². The lowest BCUT2D eigenvalue weighted by atomic mass is 9.79. The topological polar surface area (TPSA) is 66.4 Å². The Hall–Kier alpha value is -1.06. The van der Waals surface area contributed by atoms with E-state index in [1.54, 1.807) is 0 Å². The minimum absolute atomic E-state index is 0.0585. The SMILES string of the molecule is CC1(C)CC1C(=O)NC1(CC(=O)O)CCCCC1. The first-order valence-corrected chi connectivity index (χ1v) is 6.89. The van der Waals surface area contributed by atoms with Gasteiger partial charge in [0.25, 0.3) is 0 Å². The van der Waals surface area contributed by atoms with E-state index in [1.807, 2.05) is 0 Å². The molecule has 18 heavy (non-hydrogen) atoms. The second-order valence-corrected chi connectivity index (χ2v) is 6.65. The third-order valence-corrected chi connectivity index (χ3v) is 4.52. The number of rotatable bonds is 4. The average molecular weight is 253 g/mol. The first-order chi connectivity index (χ1) is 8.35. The van der Waals surface area contributed by atoms with Crippen LogP contribution in [0.5, 0.6) is 0 Å². The van der Waals surface area contributed by atoms with Crippen LogP contribution in [0.2, 0.25) is 0 Å². The highest BCUT2D eigenvalue weighted by molar-refractivity contribution is 5.83. The van der Waals surface area contributed by atoms with Gasteiger partial charge in [0.1, 0.15) is 0 Å². The van der Waals surface area contributed by atoms with E-state index in [4.69, 9.17) is 5.11 Å². The molecular formula is C14H23NO3. The largest absolute Gasteiger partial charge is 0.481 e. The van der Waals surface area contributed by atoms with Gasteiger partial charge in [0.05, 0.1) is 12.0 Å². The summed E-state index contributed by atoms with van der Waals surface area (Å²) < 4.78 is 0. The maximum Gasteiger partial charge on any atom is 0.305 e. The molecule has 0 aromatic heterocycles. The summed E-state index contributed by atoms with van der Waals surface area (Å²) in [7, 11) is 0. The molecule has 1 amide bonds. The minimum Gasteiger partial charge on any atom is -0.481 e. The molecule has 0 aliphatic heterocycles. The van der Waals surface area contributed by atoms with Gasteiger partial charge < -0.3 is 10.4 Å². The Balaban J connectivity index is 2.01. The summed E-state index contributed by atoms with van der Waals surface area (Å²) >= 11 is 0. The van der Waals surface area contributed by atoms with E-state index in [0.29, 0.717) is 0 Å². The summed E-state index contributed by atoms with van der Waals surface area (Å²) in [5.74, 6) is -0.680. The van der Waals surface area contributed by atoms with E-state index in [2.05, 4.69) is 19.2 Å². The maximum absolute atomic E-state index is 12.2. The molecule has 2 saturated carbocycles. The van der Waals surface area contributed by atoms with Crippen molar-refractivity contribution in [2.45, 2.75) is 64.3 Å². The van der Waals surface area contributed by atoms with Crippen molar-refractivity contribution in [1.29, 1.82) is 0 Å². The van der Waals surface area contributed by atoms with E-state index in [9.17, 15) is 9.59 Å². The van der Waals surface area contributed by atoms with Gasteiger partial charge in [-0.2, -0.15) is 0 Å². The molecule has 2 N–H and O–H groups in total. The fraction of sp³-hybridized carbons (Fsp3) is 0.857.